The lowest BCUT2D eigenvalue weighted by molar-refractivity contribution is -0.115. The lowest BCUT2D eigenvalue weighted by atomic mass is 10.1. The fraction of sp³-hybridized carbons (Fsp3) is 0.167. The van der Waals surface area contributed by atoms with E-state index in [1.54, 1.807) is 42.5 Å². The van der Waals surface area contributed by atoms with Crippen molar-refractivity contribution in [1.82, 2.24) is 5.32 Å². The minimum atomic E-state index is -0.254. The molecule has 0 aromatic heterocycles. The first-order chi connectivity index (χ1) is 14.0. The van der Waals surface area contributed by atoms with E-state index in [4.69, 9.17) is 0 Å². The summed E-state index contributed by atoms with van der Waals surface area (Å²) < 4.78 is 0. The molecule has 146 valence electrons. The van der Waals surface area contributed by atoms with E-state index in [2.05, 4.69) is 17.4 Å². The van der Waals surface area contributed by atoms with Gasteiger partial charge in [0.1, 0.15) is 5.75 Å². The quantitative estimate of drug-likeness (QED) is 0.713. The Hall–Kier alpha value is -3.60. The number of anilines is 2. The van der Waals surface area contributed by atoms with Gasteiger partial charge in [-0.05, 0) is 54.3 Å². The van der Waals surface area contributed by atoms with E-state index < -0.39 is 0 Å². The van der Waals surface area contributed by atoms with Gasteiger partial charge in [-0.15, -0.1) is 0 Å². The van der Waals surface area contributed by atoms with Gasteiger partial charge in [0.25, 0.3) is 5.91 Å². The van der Waals surface area contributed by atoms with Gasteiger partial charge in [-0.1, -0.05) is 42.5 Å². The fourth-order valence-electron chi connectivity index (χ4n) is 3.86. The lowest BCUT2D eigenvalue weighted by Gasteiger charge is -2.23. The summed E-state index contributed by atoms with van der Waals surface area (Å²) in [6.45, 7) is 1.43. The molecule has 29 heavy (non-hydrogen) atoms. The van der Waals surface area contributed by atoms with Gasteiger partial charge < -0.3 is 10.4 Å². The van der Waals surface area contributed by atoms with E-state index in [1.165, 1.54) is 29.0 Å². The molecule has 0 radical (unpaired) electrons. The molecule has 5 heteroatoms. The van der Waals surface area contributed by atoms with Crippen molar-refractivity contribution < 1.29 is 14.7 Å². The standard InChI is InChI=1S/C24H22N2O3/c1-16(27)26(22-11-4-5-12-23(22)28)21-10-6-9-19(15-21)24(29)25-20-13-17-7-2-3-8-18(17)14-20/h2-12,15,20,28H,13-14H2,1H3,(H,25,29). The van der Waals surface area contributed by atoms with Crippen LogP contribution in [0.2, 0.25) is 0 Å². The molecule has 0 fully saturated rings. The summed E-state index contributed by atoms with van der Waals surface area (Å²) in [6.07, 6.45) is 1.64. The zero-order chi connectivity index (χ0) is 20.4. The Kier molecular flexibility index (Phi) is 5.04. The predicted octanol–water partition coefficient (Wildman–Crippen LogP) is 3.97. The van der Waals surface area contributed by atoms with Crippen LogP contribution in [0.1, 0.15) is 28.4 Å². The van der Waals surface area contributed by atoms with E-state index in [9.17, 15) is 14.7 Å². The van der Waals surface area contributed by atoms with E-state index >= 15 is 0 Å². The van der Waals surface area contributed by atoms with Crippen LogP contribution in [0.4, 0.5) is 11.4 Å². The van der Waals surface area contributed by atoms with Crippen LogP contribution in [-0.2, 0) is 17.6 Å². The average molecular weight is 386 g/mol. The second kappa shape index (κ2) is 7.80. The molecule has 0 spiro atoms. The number of fused-ring (bicyclic) bond motifs is 1. The Labute approximate surface area is 169 Å². The number of nitrogens with one attached hydrogen (secondary N) is 1. The largest absolute Gasteiger partial charge is 0.506 e. The van der Waals surface area contributed by atoms with Crippen LogP contribution in [0.3, 0.4) is 0 Å². The third-order valence-electron chi connectivity index (χ3n) is 5.19. The summed E-state index contributed by atoms with van der Waals surface area (Å²) in [7, 11) is 0. The maximum atomic E-state index is 12.8. The highest BCUT2D eigenvalue weighted by Gasteiger charge is 2.24. The number of amides is 2. The Morgan fingerprint density at radius 1 is 0.931 bits per heavy atom. The number of phenols is 1. The number of nitrogens with zero attached hydrogens (tertiary/aromatic N) is 1. The summed E-state index contributed by atoms with van der Waals surface area (Å²) in [5, 5.41) is 13.3. The zero-order valence-corrected chi connectivity index (χ0v) is 16.1. The normalized spacial score (nSPS) is 13.0. The molecule has 0 unspecified atom stereocenters. The number of carbonyl (C=O) groups excluding carboxylic acids is 2. The molecule has 4 rings (SSSR count). The topological polar surface area (TPSA) is 69.6 Å². The van der Waals surface area contributed by atoms with Crippen molar-refractivity contribution in [2.45, 2.75) is 25.8 Å². The Balaban J connectivity index is 1.56. The van der Waals surface area contributed by atoms with E-state index in [-0.39, 0.29) is 23.6 Å². The van der Waals surface area contributed by atoms with Crippen LogP contribution in [0.15, 0.2) is 72.8 Å². The summed E-state index contributed by atoms with van der Waals surface area (Å²) in [5.74, 6) is -0.429. The highest BCUT2D eigenvalue weighted by molar-refractivity contribution is 6.02. The van der Waals surface area contributed by atoms with Gasteiger partial charge in [0.2, 0.25) is 5.91 Å². The minimum absolute atomic E-state index is 0.00118. The monoisotopic (exact) mass is 386 g/mol. The van der Waals surface area contributed by atoms with Crippen molar-refractivity contribution in [3.05, 3.63) is 89.5 Å². The molecule has 2 N–H and O–H groups in total. The molecular formula is C24H22N2O3. The molecule has 0 saturated heterocycles. The lowest BCUT2D eigenvalue weighted by Crippen LogP contribution is -2.35. The van der Waals surface area contributed by atoms with Crippen LogP contribution in [-0.4, -0.2) is 23.0 Å². The number of benzene rings is 3. The van der Waals surface area contributed by atoms with Gasteiger partial charge in [-0.25, -0.2) is 0 Å². The number of rotatable bonds is 4. The van der Waals surface area contributed by atoms with Gasteiger partial charge in [0.15, 0.2) is 0 Å². The van der Waals surface area contributed by atoms with Crippen molar-refractivity contribution >= 4 is 23.2 Å². The molecule has 1 aliphatic carbocycles. The average Bonchev–Trinajstić information content (AvgIpc) is 3.12. The molecule has 2 amide bonds. The van der Waals surface area contributed by atoms with Crippen LogP contribution < -0.4 is 10.2 Å². The maximum Gasteiger partial charge on any atom is 0.251 e. The molecule has 0 saturated carbocycles. The van der Waals surface area contributed by atoms with Gasteiger partial charge in [-0.3, -0.25) is 14.5 Å². The molecule has 3 aromatic rings. The summed E-state index contributed by atoms with van der Waals surface area (Å²) in [6, 6.07) is 21.8. The first-order valence-electron chi connectivity index (χ1n) is 9.59. The van der Waals surface area contributed by atoms with E-state index in [0.717, 1.165) is 12.8 Å². The van der Waals surface area contributed by atoms with Crippen molar-refractivity contribution in [1.29, 1.82) is 0 Å². The first-order valence-corrected chi connectivity index (χ1v) is 9.59. The Morgan fingerprint density at radius 3 is 2.24 bits per heavy atom. The van der Waals surface area contributed by atoms with Crippen molar-refractivity contribution in [3.63, 3.8) is 0 Å². The molecule has 5 nitrogen and oxygen atoms in total. The Morgan fingerprint density at radius 2 is 1.59 bits per heavy atom. The number of hydrogen-bond acceptors (Lipinski definition) is 3. The van der Waals surface area contributed by atoms with E-state index in [0.29, 0.717) is 16.9 Å². The molecule has 0 aliphatic heterocycles. The number of aromatic hydroxyl groups is 1. The SMILES string of the molecule is CC(=O)N(c1cccc(C(=O)NC2Cc3ccccc3C2)c1)c1ccccc1O. The summed E-state index contributed by atoms with van der Waals surface area (Å²) >= 11 is 0. The zero-order valence-electron chi connectivity index (χ0n) is 16.1. The van der Waals surface area contributed by atoms with Gasteiger partial charge in [0, 0.05) is 24.2 Å². The molecule has 0 bridgehead atoms. The number of hydrogen-bond donors (Lipinski definition) is 2. The third kappa shape index (κ3) is 3.85. The molecule has 1 aliphatic rings. The van der Waals surface area contributed by atoms with Crippen molar-refractivity contribution in [2.24, 2.45) is 0 Å². The highest BCUT2D eigenvalue weighted by Crippen LogP contribution is 2.33. The van der Waals surface area contributed by atoms with Crippen LogP contribution >= 0.6 is 0 Å². The second-order valence-electron chi connectivity index (χ2n) is 7.24. The third-order valence-corrected chi connectivity index (χ3v) is 5.19. The highest BCUT2D eigenvalue weighted by atomic mass is 16.3. The smallest absolute Gasteiger partial charge is 0.251 e. The second-order valence-corrected chi connectivity index (χ2v) is 7.24. The van der Waals surface area contributed by atoms with Gasteiger partial charge in [0.05, 0.1) is 5.69 Å². The van der Waals surface area contributed by atoms with Crippen LogP contribution in [0, 0.1) is 0 Å². The molecule has 3 aromatic carbocycles. The first kappa shape index (κ1) is 18.7. The summed E-state index contributed by atoms with van der Waals surface area (Å²) in [5.41, 5.74) is 3.92. The molecular weight excluding hydrogens is 364 g/mol. The number of phenolic OH excluding ortho intramolecular Hbond substituents is 1. The number of para-hydroxylation sites is 2. The van der Waals surface area contributed by atoms with E-state index in [1.807, 2.05) is 12.1 Å². The van der Waals surface area contributed by atoms with Crippen LogP contribution in [0.25, 0.3) is 0 Å². The van der Waals surface area contributed by atoms with Crippen LogP contribution in [0.5, 0.6) is 5.75 Å². The van der Waals surface area contributed by atoms with Crippen molar-refractivity contribution in [2.75, 3.05) is 4.90 Å². The number of carbonyl (C=O) groups is 2. The molecule has 0 atom stereocenters. The van der Waals surface area contributed by atoms with Gasteiger partial charge in [-0.2, -0.15) is 0 Å². The Bertz CT molecular complexity index is 1050. The van der Waals surface area contributed by atoms with Crippen molar-refractivity contribution in [3.8, 4) is 5.75 Å². The maximum absolute atomic E-state index is 12.8. The predicted molar refractivity (Wildman–Crippen MR) is 112 cm³/mol. The summed E-state index contributed by atoms with van der Waals surface area (Å²) in [4.78, 5) is 26.5. The fourth-order valence-corrected chi connectivity index (χ4v) is 3.86. The minimum Gasteiger partial charge on any atom is -0.506 e. The van der Waals surface area contributed by atoms with Gasteiger partial charge >= 0.3 is 0 Å². The molecule has 0 heterocycles.